The second kappa shape index (κ2) is 10.0. The molecule has 3 rings (SSSR count). The maximum absolute atomic E-state index is 14.0. The van der Waals surface area contributed by atoms with Gasteiger partial charge in [-0.25, -0.2) is 8.60 Å². The Balaban J connectivity index is 1.67. The van der Waals surface area contributed by atoms with Gasteiger partial charge >= 0.3 is 6.36 Å². The van der Waals surface area contributed by atoms with Crippen molar-refractivity contribution in [3.8, 4) is 5.75 Å². The molecule has 7 nitrogen and oxygen atoms in total. The van der Waals surface area contributed by atoms with Gasteiger partial charge in [0.1, 0.15) is 5.82 Å². The van der Waals surface area contributed by atoms with Crippen LogP contribution in [0.5, 0.6) is 5.75 Å². The molecule has 0 radical (unpaired) electrons. The van der Waals surface area contributed by atoms with Crippen LogP contribution in [0.2, 0.25) is 5.02 Å². The van der Waals surface area contributed by atoms with Crippen molar-refractivity contribution in [3.63, 3.8) is 0 Å². The van der Waals surface area contributed by atoms with Crippen LogP contribution in [0.15, 0.2) is 36.4 Å². The summed E-state index contributed by atoms with van der Waals surface area (Å²) in [6.45, 7) is 1.76. The third kappa shape index (κ3) is 6.55. The van der Waals surface area contributed by atoms with Crippen LogP contribution in [-0.2, 0) is 17.8 Å². The number of anilines is 1. The molecule has 1 saturated heterocycles. The monoisotopic (exact) mass is 495 g/mol. The van der Waals surface area contributed by atoms with Crippen molar-refractivity contribution < 1.29 is 35.9 Å². The third-order valence-electron chi connectivity index (χ3n) is 4.72. The molecule has 2 aromatic rings. The van der Waals surface area contributed by atoms with E-state index in [0.29, 0.717) is 30.2 Å². The van der Waals surface area contributed by atoms with Gasteiger partial charge in [-0.05, 0) is 30.3 Å². The normalized spacial score (nSPS) is 16.0. The maximum Gasteiger partial charge on any atom is 0.573 e. The summed E-state index contributed by atoms with van der Waals surface area (Å²) in [5.74, 6) is -1.75. The number of amides is 1. The molecule has 0 spiro atoms. The molecule has 2 aromatic carbocycles. The van der Waals surface area contributed by atoms with Crippen LogP contribution in [-0.4, -0.2) is 57.0 Å². The van der Waals surface area contributed by atoms with Gasteiger partial charge in [0.05, 0.1) is 5.69 Å². The van der Waals surface area contributed by atoms with Crippen molar-refractivity contribution in [3.05, 3.63) is 58.4 Å². The number of carbonyl (C=O) groups is 1. The Morgan fingerprint density at radius 3 is 2.44 bits per heavy atom. The van der Waals surface area contributed by atoms with Crippen molar-refractivity contribution in [2.45, 2.75) is 12.9 Å². The highest BCUT2D eigenvalue weighted by Crippen LogP contribution is 2.32. The summed E-state index contributed by atoms with van der Waals surface area (Å²) < 4.78 is 77.7. The van der Waals surface area contributed by atoms with E-state index in [9.17, 15) is 26.6 Å². The first-order chi connectivity index (χ1) is 15.0. The molecule has 174 valence electrons. The first-order valence-electron chi connectivity index (χ1n) is 9.25. The number of hydrogen-bond donors (Lipinski definition) is 2. The Morgan fingerprint density at radius 2 is 1.84 bits per heavy atom. The molecule has 0 saturated carbocycles. The number of piperazine rings is 1. The summed E-state index contributed by atoms with van der Waals surface area (Å²) in [6.07, 6.45) is -5.06. The first kappa shape index (κ1) is 24.2. The van der Waals surface area contributed by atoms with Gasteiger partial charge in [-0.15, -0.1) is 13.2 Å². The van der Waals surface area contributed by atoms with Gasteiger partial charge in [0, 0.05) is 48.9 Å². The molecular formula is C19H18ClF4N3O4S. The zero-order valence-corrected chi connectivity index (χ0v) is 17.9. The van der Waals surface area contributed by atoms with Gasteiger partial charge in [-0.2, -0.15) is 0 Å². The van der Waals surface area contributed by atoms with Crippen LogP contribution in [0.3, 0.4) is 0 Å². The fraction of sp³-hybridized carbons (Fsp3) is 0.316. The lowest BCUT2D eigenvalue weighted by molar-refractivity contribution is -0.274. The number of halogens is 5. The van der Waals surface area contributed by atoms with Crippen LogP contribution in [0.4, 0.5) is 23.2 Å². The van der Waals surface area contributed by atoms with Crippen LogP contribution >= 0.6 is 11.6 Å². The zero-order valence-electron chi connectivity index (χ0n) is 16.4. The van der Waals surface area contributed by atoms with E-state index in [1.807, 2.05) is 9.62 Å². The standard InChI is InChI=1S/C19H18ClF4N3O4S/c20-14-3-1-13(15(21)10-14)11-26-5-7-27(8-6-26)18(28)12-2-4-16(25-32(29)30)17(9-12)31-19(22,23)24/h1-4,9-10,25H,5-8,11H2,(H,29,30). The second-order valence-electron chi connectivity index (χ2n) is 6.91. The first-order valence-corrected chi connectivity index (χ1v) is 10.7. The molecule has 0 aliphatic carbocycles. The van der Waals surface area contributed by atoms with E-state index in [2.05, 4.69) is 4.74 Å². The van der Waals surface area contributed by atoms with E-state index in [4.69, 9.17) is 16.2 Å². The molecule has 0 aromatic heterocycles. The van der Waals surface area contributed by atoms with E-state index in [0.717, 1.165) is 12.1 Å². The molecule has 1 amide bonds. The Kier molecular flexibility index (Phi) is 7.59. The number of rotatable bonds is 6. The van der Waals surface area contributed by atoms with Gasteiger partial charge in [0.2, 0.25) is 0 Å². The minimum absolute atomic E-state index is 0.0734. The lowest BCUT2D eigenvalue weighted by Gasteiger charge is -2.35. The van der Waals surface area contributed by atoms with Gasteiger partial charge in [-0.1, -0.05) is 17.7 Å². The minimum Gasteiger partial charge on any atom is -0.404 e. The summed E-state index contributed by atoms with van der Waals surface area (Å²) in [5, 5.41) is 0.294. The van der Waals surface area contributed by atoms with E-state index >= 15 is 0 Å². The predicted molar refractivity (Wildman–Crippen MR) is 110 cm³/mol. The van der Waals surface area contributed by atoms with Crippen molar-refractivity contribution in [2.24, 2.45) is 0 Å². The van der Waals surface area contributed by atoms with Crippen LogP contribution in [0, 0.1) is 5.82 Å². The summed E-state index contributed by atoms with van der Waals surface area (Å²) >= 11 is 3.12. The topological polar surface area (TPSA) is 82.1 Å². The lowest BCUT2D eigenvalue weighted by Crippen LogP contribution is -2.48. The highest BCUT2D eigenvalue weighted by atomic mass is 35.5. The van der Waals surface area contributed by atoms with Gasteiger partial charge in [0.15, 0.2) is 5.75 Å². The van der Waals surface area contributed by atoms with Gasteiger partial charge in [-0.3, -0.25) is 19.0 Å². The Morgan fingerprint density at radius 1 is 1.16 bits per heavy atom. The lowest BCUT2D eigenvalue weighted by atomic mass is 10.1. The van der Waals surface area contributed by atoms with Crippen LogP contribution < -0.4 is 9.46 Å². The van der Waals surface area contributed by atoms with E-state index < -0.39 is 40.8 Å². The predicted octanol–water partition coefficient (Wildman–Crippen LogP) is 3.88. The fourth-order valence-corrected chi connectivity index (χ4v) is 3.74. The minimum atomic E-state index is -5.06. The molecule has 0 bridgehead atoms. The van der Waals surface area contributed by atoms with Crippen molar-refractivity contribution >= 4 is 34.5 Å². The van der Waals surface area contributed by atoms with Crippen molar-refractivity contribution in [1.82, 2.24) is 9.80 Å². The molecule has 2 N–H and O–H groups in total. The number of carbonyl (C=O) groups excluding carboxylic acids is 1. The van der Waals surface area contributed by atoms with Gasteiger partial charge in [0.25, 0.3) is 17.2 Å². The average Bonchev–Trinajstić information content (AvgIpc) is 2.70. The molecular weight excluding hydrogens is 478 g/mol. The number of nitrogens with one attached hydrogen (secondary N) is 1. The van der Waals surface area contributed by atoms with E-state index in [-0.39, 0.29) is 18.7 Å². The maximum atomic E-state index is 14.0. The van der Waals surface area contributed by atoms with Crippen molar-refractivity contribution in [1.29, 1.82) is 0 Å². The molecule has 32 heavy (non-hydrogen) atoms. The fourth-order valence-electron chi connectivity index (χ4n) is 3.23. The summed E-state index contributed by atoms with van der Waals surface area (Å²) in [7, 11) is 0. The number of alkyl halides is 3. The molecule has 1 heterocycles. The Bertz CT molecular complexity index is 1020. The second-order valence-corrected chi connectivity index (χ2v) is 8.05. The van der Waals surface area contributed by atoms with Gasteiger partial charge < -0.3 is 9.64 Å². The molecule has 13 heteroatoms. The number of nitrogens with zero attached hydrogens (tertiary/aromatic N) is 2. The Labute approximate surface area is 188 Å². The van der Waals surface area contributed by atoms with E-state index in [1.54, 1.807) is 12.1 Å². The number of hydrogen-bond acceptors (Lipinski definition) is 4. The zero-order chi connectivity index (χ0) is 23.5. The highest BCUT2D eigenvalue weighted by Gasteiger charge is 2.33. The molecule has 1 aliphatic heterocycles. The average molecular weight is 496 g/mol. The Hall–Kier alpha value is -2.41. The summed E-state index contributed by atoms with van der Waals surface area (Å²) in [4.78, 5) is 16.2. The van der Waals surface area contributed by atoms with E-state index in [1.165, 1.54) is 17.0 Å². The quantitative estimate of drug-likeness (QED) is 0.469. The summed E-state index contributed by atoms with van der Waals surface area (Å²) in [6, 6.07) is 7.55. The molecule has 1 unspecified atom stereocenters. The third-order valence-corrected chi connectivity index (χ3v) is 5.35. The highest BCUT2D eigenvalue weighted by molar-refractivity contribution is 7.80. The number of benzene rings is 2. The van der Waals surface area contributed by atoms with Crippen molar-refractivity contribution in [2.75, 3.05) is 30.9 Å². The smallest absolute Gasteiger partial charge is 0.404 e. The largest absolute Gasteiger partial charge is 0.573 e. The molecule has 1 aliphatic rings. The number of ether oxygens (including phenoxy) is 1. The summed E-state index contributed by atoms with van der Waals surface area (Å²) in [5.41, 5.74) is -0.00212. The van der Waals surface area contributed by atoms with Crippen LogP contribution in [0.25, 0.3) is 0 Å². The molecule has 1 atom stereocenters. The van der Waals surface area contributed by atoms with Crippen LogP contribution in [0.1, 0.15) is 15.9 Å². The molecule has 1 fully saturated rings. The SMILES string of the molecule is O=C(c1ccc(NS(=O)O)c(OC(F)(F)F)c1)N1CCN(Cc2ccc(Cl)cc2F)CC1.